The van der Waals surface area contributed by atoms with E-state index in [0.717, 1.165) is 16.9 Å². The standard InChI is InChI=1S/C24H30N2O5/c1-15(2)21(26-23(28)20-9-7-6-8-16(20)3)24(29)31-17(4)22(27)25-14-18-10-12-19(30-5)13-11-18/h6-13,15,17,21H,14H2,1-5H3,(H,25,27)(H,26,28)/t17-,21+/m1/s1. The lowest BCUT2D eigenvalue weighted by atomic mass is 10.0. The Morgan fingerprint density at radius 3 is 2.19 bits per heavy atom. The zero-order valence-corrected chi connectivity index (χ0v) is 18.6. The Bertz CT molecular complexity index is 908. The summed E-state index contributed by atoms with van der Waals surface area (Å²) in [4.78, 5) is 37.6. The maximum Gasteiger partial charge on any atom is 0.329 e. The molecule has 0 radical (unpaired) electrons. The highest BCUT2D eigenvalue weighted by Gasteiger charge is 2.29. The number of amides is 2. The molecule has 0 heterocycles. The quantitative estimate of drug-likeness (QED) is 0.601. The highest BCUT2D eigenvalue weighted by molar-refractivity contribution is 5.98. The first-order chi connectivity index (χ1) is 14.7. The molecule has 0 bridgehead atoms. The van der Waals surface area contributed by atoms with Crippen molar-refractivity contribution in [3.05, 3.63) is 65.2 Å². The minimum absolute atomic E-state index is 0.213. The summed E-state index contributed by atoms with van der Waals surface area (Å²) in [6, 6.07) is 13.5. The van der Waals surface area contributed by atoms with Crippen molar-refractivity contribution in [2.75, 3.05) is 7.11 Å². The molecule has 0 aromatic heterocycles. The number of ether oxygens (including phenoxy) is 2. The van der Waals surface area contributed by atoms with Crippen LogP contribution in [-0.2, 0) is 20.9 Å². The van der Waals surface area contributed by atoms with Crippen molar-refractivity contribution < 1.29 is 23.9 Å². The van der Waals surface area contributed by atoms with Gasteiger partial charge in [0, 0.05) is 12.1 Å². The maximum absolute atomic E-state index is 12.7. The van der Waals surface area contributed by atoms with Gasteiger partial charge in [-0.3, -0.25) is 9.59 Å². The zero-order valence-electron chi connectivity index (χ0n) is 18.6. The van der Waals surface area contributed by atoms with Crippen molar-refractivity contribution in [2.45, 2.75) is 46.4 Å². The maximum atomic E-state index is 12.7. The fraction of sp³-hybridized carbons (Fsp3) is 0.375. The van der Waals surface area contributed by atoms with E-state index in [1.165, 1.54) is 6.92 Å². The molecule has 0 saturated heterocycles. The molecule has 2 rings (SSSR count). The summed E-state index contributed by atoms with van der Waals surface area (Å²) in [5.74, 6) is -0.911. The molecule has 2 amide bonds. The fourth-order valence-electron chi connectivity index (χ4n) is 2.92. The van der Waals surface area contributed by atoms with Gasteiger partial charge in [-0.2, -0.15) is 0 Å². The average Bonchev–Trinajstić information content (AvgIpc) is 2.75. The van der Waals surface area contributed by atoms with E-state index in [9.17, 15) is 14.4 Å². The predicted octanol–water partition coefficient (Wildman–Crippen LogP) is 3.01. The van der Waals surface area contributed by atoms with Gasteiger partial charge in [-0.25, -0.2) is 4.79 Å². The summed E-state index contributed by atoms with van der Waals surface area (Å²) in [6.45, 7) is 7.23. The lowest BCUT2D eigenvalue weighted by Crippen LogP contribution is -2.47. The summed E-state index contributed by atoms with van der Waals surface area (Å²) in [5, 5.41) is 5.47. The summed E-state index contributed by atoms with van der Waals surface area (Å²) < 4.78 is 10.4. The molecule has 7 heteroatoms. The average molecular weight is 427 g/mol. The first kappa shape index (κ1) is 23.9. The van der Waals surface area contributed by atoms with Gasteiger partial charge in [-0.15, -0.1) is 0 Å². The van der Waals surface area contributed by atoms with Crippen LogP contribution in [0.3, 0.4) is 0 Å². The third-order valence-electron chi connectivity index (χ3n) is 4.88. The Morgan fingerprint density at radius 1 is 0.968 bits per heavy atom. The topological polar surface area (TPSA) is 93.7 Å². The van der Waals surface area contributed by atoms with Crippen LogP contribution in [-0.4, -0.2) is 37.0 Å². The van der Waals surface area contributed by atoms with E-state index in [1.54, 1.807) is 45.2 Å². The molecule has 7 nitrogen and oxygen atoms in total. The van der Waals surface area contributed by atoms with E-state index in [1.807, 2.05) is 31.2 Å². The lowest BCUT2D eigenvalue weighted by molar-refractivity contribution is -0.157. The Morgan fingerprint density at radius 2 is 1.61 bits per heavy atom. The minimum atomic E-state index is -0.998. The Hall–Kier alpha value is -3.35. The van der Waals surface area contributed by atoms with Crippen molar-refractivity contribution in [3.63, 3.8) is 0 Å². The second-order valence-electron chi connectivity index (χ2n) is 7.66. The SMILES string of the molecule is COc1ccc(CNC(=O)[C@@H](C)OC(=O)[C@@H](NC(=O)c2ccccc2C)C(C)C)cc1. The van der Waals surface area contributed by atoms with Crippen molar-refractivity contribution in [1.82, 2.24) is 10.6 Å². The Labute approximate surface area is 183 Å². The summed E-state index contributed by atoms with van der Waals surface area (Å²) in [6.07, 6.45) is -0.998. The molecule has 2 N–H and O–H groups in total. The molecular formula is C24H30N2O5. The smallest absolute Gasteiger partial charge is 0.329 e. The number of benzene rings is 2. The van der Waals surface area contributed by atoms with Gasteiger partial charge in [0.2, 0.25) is 0 Å². The number of carbonyl (C=O) groups is 3. The first-order valence-electron chi connectivity index (χ1n) is 10.2. The van der Waals surface area contributed by atoms with Crippen molar-refractivity contribution in [1.29, 1.82) is 0 Å². The van der Waals surface area contributed by atoms with Crippen LogP contribution in [0.5, 0.6) is 5.75 Å². The molecule has 31 heavy (non-hydrogen) atoms. The number of methoxy groups -OCH3 is 1. The van der Waals surface area contributed by atoms with Gasteiger partial charge < -0.3 is 20.1 Å². The van der Waals surface area contributed by atoms with E-state index in [2.05, 4.69) is 10.6 Å². The fourth-order valence-corrected chi connectivity index (χ4v) is 2.92. The van der Waals surface area contributed by atoms with E-state index < -0.39 is 24.0 Å². The number of esters is 1. The number of aryl methyl sites for hydroxylation is 1. The lowest BCUT2D eigenvalue weighted by Gasteiger charge is -2.23. The summed E-state index contributed by atoms with van der Waals surface area (Å²) in [7, 11) is 1.58. The minimum Gasteiger partial charge on any atom is -0.497 e. The number of hydrogen-bond acceptors (Lipinski definition) is 5. The van der Waals surface area contributed by atoms with Crippen LogP contribution >= 0.6 is 0 Å². The van der Waals surface area contributed by atoms with Gasteiger partial charge in [0.1, 0.15) is 11.8 Å². The van der Waals surface area contributed by atoms with E-state index in [-0.39, 0.29) is 11.8 Å². The van der Waals surface area contributed by atoms with E-state index in [4.69, 9.17) is 9.47 Å². The second-order valence-corrected chi connectivity index (χ2v) is 7.66. The van der Waals surface area contributed by atoms with Crippen LogP contribution in [0, 0.1) is 12.8 Å². The predicted molar refractivity (Wildman–Crippen MR) is 118 cm³/mol. The molecule has 2 aromatic rings. The van der Waals surface area contributed by atoms with E-state index in [0.29, 0.717) is 12.1 Å². The molecule has 0 unspecified atom stereocenters. The molecule has 0 fully saturated rings. The van der Waals surface area contributed by atoms with Crippen LogP contribution in [0.25, 0.3) is 0 Å². The van der Waals surface area contributed by atoms with Gasteiger partial charge in [-0.05, 0) is 49.1 Å². The third kappa shape index (κ3) is 6.84. The molecule has 0 saturated carbocycles. The number of rotatable bonds is 9. The first-order valence-corrected chi connectivity index (χ1v) is 10.2. The molecule has 0 aliphatic heterocycles. The van der Waals surface area contributed by atoms with Crippen LogP contribution in [0.4, 0.5) is 0 Å². The third-order valence-corrected chi connectivity index (χ3v) is 4.88. The summed E-state index contributed by atoms with van der Waals surface area (Å²) in [5.41, 5.74) is 2.19. The van der Waals surface area contributed by atoms with Crippen molar-refractivity contribution in [2.24, 2.45) is 5.92 Å². The molecule has 0 spiro atoms. The molecule has 2 aromatic carbocycles. The Kier molecular flexibility index (Phi) is 8.61. The largest absolute Gasteiger partial charge is 0.497 e. The monoisotopic (exact) mass is 426 g/mol. The highest BCUT2D eigenvalue weighted by Crippen LogP contribution is 2.12. The van der Waals surface area contributed by atoms with Gasteiger partial charge >= 0.3 is 5.97 Å². The van der Waals surface area contributed by atoms with Crippen molar-refractivity contribution >= 4 is 17.8 Å². The van der Waals surface area contributed by atoms with Crippen LogP contribution in [0.2, 0.25) is 0 Å². The molecule has 0 aliphatic carbocycles. The van der Waals surface area contributed by atoms with Crippen LogP contribution < -0.4 is 15.4 Å². The number of carbonyl (C=O) groups excluding carboxylic acids is 3. The van der Waals surface area contributed by atoms with Gasteiger partial charge in [-0.1, -0.05) is 44.2 Å². The molecule has 2 atom stereocenters. The van der Waals surface area contributed by atoms with Gasteiger partial charge in [0.15, 0.2) is 6.10 Å². The van der Waals surface area contributed by atoms with Crippen LogP contribution in [0.15, 0.2) is 48.5 Å². The van der Waals surface area contributed by atoms with Gasteiger partial charge in [0.25, 0.3) is 11.8 Å². The van der Waals surface area contributed by atoms with Crippen molar-refractivity contribution in [3.8, 4) is 5.75 Å². The zero-order chi connectivity index (χ0) is 23.0. The molecular weight excluding hydrogens is 396 g/mol. The highest BCUT2D eigenvalue weighted by atomic mass is 16.5. The van der Waals surface area contributed by atoms with Gasteiger partial charge in [0.05, 0.1) is 7.11 Å². The van der Waals surface area contributed by atoms with E-state index >= 15 is 0 Å². The number of nitrogens with one attached hydrogen (secondary N) is 2. The second kappa shape index (κ2) is 11.2. The molecule has 166 valence electrons. The normalized spacial score (nSPS) is 12.6. The molecule has 0 aliphatic rings. The Balaban J connectivity index is 1.93. The van der Waals surface area contributed by atoms with Crippen LogP contribution in [0.1, 0.15) is 42.3 Å². The summed E-state index contributed by atoms with van der Waals surface area (Å²) >= 11 is 0. The number of hydrogen-bond donors (Lipinski definition) is 2.